The Morgan fingerprint density at radius 1 is 1.00 bits per heavy atom. The molecule has 0 radical (unpaired) electrons. The van der Waals surface area contributed by atoms with E-state index in [1.165, 1.54) is 5.56 Å². The maximum atomic E-state index is 5.39. The van der Waals surface area contributed by atoms with Crippen LogP contribution >= 0.6 is 0 Å². The van der Waals surface area contributed by atoms with Gasteiger partial charge in [0, 0.05) is 5.56 Å². The highest BCUT2D eigenvalue weighted by atomic mass is 16.3. The molecule has 0 bridgehead atoms. The molecule has 2 aromatic rings. The van der Waals surface area contributed by atoms with E-state index in [0.717, 1.165) is 11.3 Å². The molecule has 0 aliphatic carbocycles. The smallest absolute Gasteiger partial charge is 0.133 e. The fourth-order valence-corrected chi connectivity index (χ4v) is 1.58. The molecule has 0 N–H and O–H groups in total. The average molecular weight is 200 g/mol. The summed E-state index contributed by atoms with van der Waals surface area (Å²) in [6.07, 6.45) is 1.71. The van der Waals surface area contributed by atoms with Gasteiger partial charge in [-0.2, -0.15) is 0 Å². The van der Waals surface area contributed by atoms with Crippen LogP contribution in [0.4, 0.5) is 0 Å². The predicted molar refractivity (Wildman–Crippen MR) is 62.8 cm³/mol. The van der Waals surface area contributed by atoms with Crippen LogP contribution in [0.5, 0.6) is 0 Å². The summed E-state index contributed by atoms with van der Waals surface area (Å²) in [5, 5.41) is 0. The first-order chi connectivity index (χ1) is 7.07. The zero-order valence-electron chi connectivity index (χ0n) is 9.45. The monoisotopic (exact) mass is 200 g/mol. The summed E-state index contributed by atoms with van der Waals surface area (Å²) in [6.45, 7) is 6.65. The fourth-order valence-electron chi connectivity index (χ4n) is 1.58. The van der Waals surface area contributed by atoms with E-state index in [9.17, 15) is 0 Å². The summed E-state index contributed by atoms with van der Waals surface area (Å²) < 4.78 is 5.39. The molecule has 15 heavy (non-hydrogen) atoms. The van der Waals surface area contributed by atoms with Crippen molar-refractivity contribution in [2.75, 3.05) is 0 Å². The number of rotatable bonds is 1. The SMILES string of the molecule is CC(C)(C)c1cccc(-c2ccco2)c1. The van der Waals surface area contributed by atoms with Crippen molar-refractivity contribution in [2.24, 2.45) is 0 Å². The summed E-state index contributed by atoms with van der Waals surface area (Å²) >= 11 is 0. The highest BCUT2D eigenvalue weighted by molar-refractivity contribution is 5.58. The van der Waals surface area contributed by atoms with Crippen LogP contribution in [0.25, 0.3) is 11.3 Å². The molecule has 2 rings (SSSR count). The Morgan fingerprint density at radius 3 is 2.40 bits per heavy atom. The first kappa shape index (κ1) is 10.0. The van der Waals surface area contributed by atoms with Gasteiger partial charge in [0.25, 0.3) is 0 Å². The van der Waals surface area contributed by atoms with Crippen LogP contribution in [0.2, 0.25) is 0 Å². The van der Waals surface area contributed by atoms with E-state index in [4.69, 9.17) is 4.42 Å². The van der Waals surface area contributed by atoms with Gasteiger partial charge in [0.1, 0.15) is 5.76 Å². The molecule has 0 aliphatic heterocycles. The van der Waals surface area contributed by atoms with Crippen molar-refractivity contribution >= 4 is 0 Å². The Morgan fingerprint density at radius 2 is 1.80 bits per heavy atom. The zero-order chi connectivity index (χ0) is 10.9. The molecule has 0 unspecified atom stereocenters. The first-order valence-corrected chi connectivity index (χ1v) is 5.22. The fraction of sp³-hybridized carbons (Fsp3) is 0.286. The third kappa shape index (κ3) is 2.12. The van der Waals surface area contributed by atoms with E-state index in [2.05, 4.69) is 45.0 Å². The Labute approximate surface area is 90.7 Å². The third-order valence-electron chi connectivity index (χ3n) is 2.53. The molecule has 0 spiro atoms. The second-order valence-corrected chi connectivity index (χ2v) is 4.81. The lowest BCUT2D eigenvalue weighted by Crippen LogP contribution is -2.10. The van der Waals surface area contributed by atoms with E-state index in [1.807, 2.05) is 12.1 Å². The highest BCUT2D eigenvalue weighted by Gasteiger charge is 2.14. The van der Waals surface area contributed by atoms with Crippen LogP contribution in [-0.2, 0) is 5.41 Å². The van der Waals surface area contributed by atoms with E-state index < -0.39 is 0 Å². The van der Waals surface area contributed by atoms with Crippen molar-refractivity contribution in [2.45, 2.75) is 26.2 Å². The zero-order valence-corrected chi connectivity index (χ0v) is 9.45. The van der Waals surface area contributed by atoms with Crippen LogP contribution in [0.15, 0.2) is 47.1 Å². The van der Waals surface area contributed by atoms with Gasteiger partial charge in [-0.3, -0.25) is 0 Å². The topological polar surface area (TPSA) is 13.1 Å². The molecule has 0 aliphatic rings. The normalized spacial score (nSPS) is 11.7. The summed E-state index contributed by atoms with van der Waals surface area (Å²) in [7, 11) is 0. The van der Waals surface area contributed by atoms with Gasteiger partial charge in [0.15, 0.2) is 0 Å². The van der Waals surface area contributed by atoms with Crippen molar-refractivity contribution < 1.29 is 4.42 Å². The van der Waals surface area contributed by atoms with Crippen LogP contribution in [-0.4, -0.2) is 0 Å². The van der Waals surface area contributed by atoms with Gasteiger partial charge in [0.2, 0.25) is 0 Å². The largest absolute Gasteiger partial charge is 0.464 e. The minimum Gasteiger partial charge on any atom is -0.464 e. The summed E-state index contributed by atoms with van der Waals surface area (Å²) in [4.78, 5) is 0. The molecular weight excluding hydrogens is 184 g/mol. The maximum Gasteiger partial charge on any atom is 0.133 e. The van der Waals surface area contributed by atoms with Crippen LogP contribution in [0, 0.1) is 0 Å². The van der Waals surface area contributed by atoms with Crippen molar-refractivity contribution in [1.82, 2.24) is 0 Å². The molecule has 0 saturated heterocycles. The second-order valence-electron chi connectivity index (χ2n) is 4.81. The molecule has 0 atom stereocenters. The van der Waals surface area contributed by atoms with Crippen molar-refractivity contribution in [3.63, 3.8) is 0 Å². The van der Waals surface area contributed by atoms with Gasteiger partial charge in [0.05, 0.1) is 6.26 Å². The van der Waals surface area contributed by atoms with Crippen LogP contribution in [0.3, 0.4) is 0 Å². The standard InChI is InChI=1S/C14H16O/c1-14(2,3)12-7-4-6-11(10-12)13-8-5-9-15-13/h4-10H,1-3H3. The third-order valence-corrected chi connectivity index (χ3v) is 2.53. The lowest BCUT2D eigenvalue weighted by Gasteiger charge is -2.19. The molecule has 1 heteroatoms. The van der Waals surface area contributed by atoms with Crippen LogP contribution < -0.4 is 0 Å². The lowest BCUT2D eigenvalue weighted by molar-refractivity contribution is 0.578. The van der Waals surface area contributed by atoms with E-state index in [0.29, 0.717) is 0 Å². The Kier molecular flexibility index (Phi) is 2.39. The van der Waals surface area contributed by atoms with Crippen molar-refractivity contribution in [3.8, 4) is 11.3 Å². The van der Waals surface area contributed by atoms with Gasteiger partial charge >= 0.3 is 0 Å². The molecule has 1 heterocycles. The molecule has 0 amide bonds. The molecule has 1 nitrogen and oxygen atoms in total. The van der Waals surface area contributed by atoms with Gasteiger partial charge in [-0.15, -0.1) is 0 Å². The van der Waals surface area contributed by atoms with Gasteiger partial charge in [-0.05, 0) is 29.2 Å². The van der Waals surface area contributed by atoms with Crippen molar-refractivity contribution in [1.29, 1.82) is 0 Å². The molecule has 1 aromatic carbocycles. The average Bonchev–Trinajstić information content (AvgIpc) is 2.69. The minimum absolute atomic E-state index is 0.183. The summed E-state index contributed by atoms with van der Waals surface area (Å²) in [6, 6.07) is 12.4. The highest BCUT2D eigenvalue weighted by Crippen LogP contribution is 2.27. The number of hydrogen-bond donors (Lipinski definition) is 0. The number of furan rings is 1. The van der Waals surface area contributed by atoms with E-state index in [-0.39, 0.29) is 5.41 Å². The van der Waals surface area contributed by atoms with Crippen molar-refractivity contribution in [3.05, 3.63) is 48.2 Å². The number of hydrogen-bond acceptors (Lipinski definition) is 1. The quantitative estimate of drug-likeness (QED) is 0.671. The van der Waals surface area contributed by atoms with E-state index in [1.54, 1.807) is 6.26 Å². The van der Waals surface area contributed by atoms with Gasteiger partial charge in [-0.25, -0.2) is 0 Å². The maximum absolute atomic E-state index is 5.39. The molecule has 0 fully saturated rings. The molecule has 1 aromatic heterocycles. The lowest BCUT2D eigenvalue weighted by atomic mass is 9.86. The summed E-state index contributed by atoms with van der Waals surface area (Å²) in [5.41, 5.74) is 2.66. The second kappa shape index (κ2) is 3.58. The Bertz CT molecular complexity index is 433. The van der Waals surface area contributed by atoms with Gasteiger partial charge in [-0.1, -0.05) is 39.0 Å². The van der Waals surface area contributed by atoms with Crippen LogP contribution in [0.1, 0.15) is 26.3 Å². The molecule has 78 valence electrons. The minimum atomic E-state index is 0.183. The predicted octanol–water partition coefficient (Wildman–Crippen LogP) is 4.24. The number of benzene rings is 1. The summed E-state index contributed by atoms with van der Waals surface area (Å²) in [5.74, 6) is 0.932. The Balaban J connectivity index is 2.44. The van der Waals surface area contributed by atoms with Gasteiger partial charge < -0.3 is 4.42 Å². The molecular formula is C14H16O. The first-order valence-electron chi connectivity index (χ1n) is 5.22. The molecule has 0 saturated carbocycles. The Hall–Kier alpha value is -1.50. The van der Waals surface area contributed by atoms with E-state index >= 15 is 0 Å².